The number of rotatable bonds is 7. The summed E-state index contributed by atoms with van der Waals surface area (Å²) >= 11 is 0. The van der Waals surface area contributed by atoms with E-state index in [1.807, 2.05) is 7.05 Å². The molecular formula is C14H23NO. The summed E-state index contributed by atoms with van der Waals surface area (Å²) in [5, 5.41) is 3.30. The SMILES string of the molecule is CCCOCC(Cc1cccc(C)c1)NC. The van der Waals surface area contributed by atoms with Crippen LogP contribution in [-0.4, -0.2) is 26.3 Å². The average Bonchev–Trinajstić information content (AvgIpc) is 2.28. The molecule has 1 aromatic rings. The van der Waals surface area contributed by atoms with E-state index < -0.39 is 0 Å². The van der Waals surface area contributed by atoms with Gasteiger partial charge in [-0.15, -0.1) is 0 Å². The molecule has 0 aromatic heterocycles. The number of benzene rings is 1. The molecule has 2 heteroatoms. The topological polar surface area (TPSA) is 21.3 Å². The standard InChI is InChI=1S/C14H23NO/c1-4-8-16-11-14(15-3)10-13-7-5-6-12(2)9-13/h5-7,9,14-15H,4,8,10-11H2,1-3H3. The van der Waals surface area contributed by atoms with Crippen molar-refractivity contribution in [3.8, 4) is 0 Å². The first-order chi connectivity index (χ1) is 7.76. The molecule has 0 saturated heterocycles. The number of hydrogen-bond donors (Lipinski definition) is 1. The zero-order chi connectivity index (χ0) is 11.8. The van der Waals surface area contributed by atoms with E-state index in [1.165, 1.54) is 11.1 Å². The van der Waals surface area contributed by atoms with Gasteiger partial charge in [-0.1, -0.05) is 36.8 Å². The van der Waals surface area contributed by atoms with Gasteiger partial charge < -0.3 is 10.1 Å². The van der Waals surface area contributed by atoms with Crippen LogP contribution in [0.4, 0.5) is 0 Å². The van der Waals surface area contributed by atoms with Gasteiger partial charge in [0, 0.05) is 12.6 Å². The zero-order valence-corrected chi connectivity index (χ0v) is 10.6. The van der Waals surface area contributed by atoms with Gasteiger partial charge in [0.25, 0.3) is 0 Å². The minimum atomic E-state index is 0.411. The van der Waals surface area contributed by atoms with Crippen molar-refractivity contribution >= 4 is 0 Å². The van der Waals surface area contributed by atoms with Gasteiger partial charge in [0.2, 0.25) is 0 Å². The van der Waals surface area contributed by atoms with Crippen molar-refractivity contribution in [2.24, 2.45) is 0 Å². The van der Waals surface area contributed by atoms with Gasteiger partial charge in [-0.05, 0) is 32.4 Å². The molecule has 0 aliphatic carbocycles. The minimum absolute atomic E-state index is 0.411. The van der Waals surface area contributed by atoms with Gasteiger partial charge in [-0.25, -0.2) is 0 Å². The van der Waals surface area contributed by atoms with Crippen molar-refractivity contribution in [3.63, 3.8) is 0 Å². The Morgan fingerprint density at radius 1 is 1.38 bits per heavy atom. The fourth-order valence-electron chi connectivity index (χ4n) is 1.74. The molecule has 0 aliphatic rings. The lowest BCUT2D eigenvalue weighted by Crippen LogP contribution is -2.32. The summed E-state index contributed by atoms with van der Waals surface area (Å²) in [7, 11) is 2.00. The smallest absolute Gasteiger partial charge is 0.0622 e. The van der Waals surface area contributed by atoms with Crippen LogP contribution in [0.2, 0.25) is 0 Å². The van der Waals surface area contributed by atoms with Crippen LogP contribution in [0.15, 0.2) is 24.3 Å². The molecular weight excluding hydrogens is 198 g/mol. The summed E-state index contributed by atoms with van der Waals surface area (Å²) in [5.74, 6) is 0. The molecule has 1 rings (SSSR count). The molecule has 0 aliphatic heterocycles. The van der Waals surface area contributed by atoms with Crippen molar-refractivity contribution in [3.05, 3.63) is 35.4 Å². The lowest BCUT2D eigenvalue weighted by Gasteiger charge is -2.16. The number of nitrogens with one attached hydrogen (secondary N) is 1. The summed E-state index contributed by atoms with van der Waals surface area (Å²) in [5.41, 5.74) is 2.70. The number of hydrogen-bond acceptors (Lipinski definition) is 2. The Bertz CT molecular complexity index is 299. The van der Waals surface area contributed by atoms with E-state index in [-0.39, 0.29) is 0 Å². The molecule has 90 valence electrons. The maximum atomic E-state index is 5.58. The maximum Gasteiger partial charge on any atom is 0.0622 e. The predicted molar refractivity (Wildman–Crippen MR) is 68.8 cm³/mol. The van der Waals surface area contributed by atoms with Crippen molar-refractivity contribution < 1.29 is 4.74 Å². The molecule has 1 aromatic carbocycles. The lowest BCUT2D eigenvalue weighted by molar-refractivity contribution is 0.114. The summed E-state index contributed by atoms with van der Waals surface area (Å²) in [6.45, 7) is 5.91. The molecule has 16 heavy (non-hydrogen) atoms. The normalized spacial score (nSPS) is 12.7. The summed E-state index contributed by atoms with van der Waals surface area (Å²) < 4.78 is 5.58. The third-order valence-corrected chi connectivity index (χ3v) is 2.64. The Morgan fingerprint density at radius 2 is 2.19 bits per heavy atom. The van der Waals surface area contributed by atoms with E-state index in [0.717, 1.165) is 26.1 Å². The highest BCUT2D eigenvalue weighted by atomic mass is 16.5. The van der Waals surface area contributed by atoms with Crippen molar-refractivity contribution in [2.75, 3.05) is 20.3 Å². The van der Waals surface area contributed by atoms with Crippen LogP contribution >= 0.6 is 0 Å². The van der Waals surface area contributed by atoms with Crippen LogP contribution in [0.3, 0.4) is 0 Å². The zero-order valence-electron chi connectivity index (χ0n) is 10.6. The second kappa shape index (κ2) is 7.42. The van der Waals surface area contributed by atoms with E-state index in [2.05, 4.69) is 43.4 Å². The fourth-order valence-corrected chi connectivity index (χ4v) is 1.74. The van der Waals surface area contributed by atoms with E-state index in [4.69, 9.17) is 4.74 Å². The van der Waals surface area contributed by atoms with Crippen molar-refractivity contribution in [1.82, 2.24) is 5.32 Å². The van der Waals surface area contributed by atoms with E-state index in [0.29, 0.717) is 6.04 Å². The number of ether oxygens (including phenoxy) is 1. The Hall–Kier alpha value is -0.860. The van der Waals surface area contributed by atoms with Crippen LogP contribution in [0, 0.1) is 6.92 Å². The molecule has 1 atom stereocenters. The van der Waals surface area contributed by atoms with Gasteiger partial charge in [0.05, 0.1) is 6.61 Å². The van der Waals surface area contributed by atoms with Gasteiger partial charge in [-0.3, -0.25) is 0 Å². The Labute approximate surface area is 99.0 Å². The maximum absolute atomic E-state index is 5.58. The van der Waals surface area contributed by atoms with Crippen LogP contribution in [0.5, 0.6) is 0 Å². The molecule has 0 heterocycles. The number of aryl methyl sites for hydroxylation is 1. The van der Waals surface area contributed by atoms with Crippen LogP contribution in [0.25, 0.3) is 0 Å². The minimum Gasteiger partial charge on any atom is -0.380 e. The Morgan fingerprint density at radius 3 is 2.81 bits per heavy atom. The van der Waals surface area contributed by atoms with Crippen molar-refractivity contribution in [1.29, 1.82) is 0 Å². The highest BCUT2D eigenvalue weighted by Crippen LogP contribution is 2.07. The molecule has 0 spiro atoms. The molecule has 0 saturated carbocycles. The average molecular weight is 221 g/mol. The van der Waals surface area contributed by atoms with Gasteiger partial charge >= 0.3 is 0 Å². The summed E-state index contributed by atoms with van der Waals surface area (Å²) in [4.78, 5) is 0. The summed E-state index contributed by atoms with van der Waals surface area (Å²) in [6.07, 6.45) is 2.11. The number of likely N-dealkylation sites (N-methyl/N-ethyl adjacent to an activating group) is 1. The first kappa shape index (κ1) is 13.2. The predicted octanol–water partition coefficient (Wildman–Crippen LogP) is 2.55. The van der Waals surface area contributed by atoms with Gasteiger partial charge in [0.15, 0.2) is 0 Å². The second-order valence-electron chi connectivity index (χ2n) is 4.25. The van der Waals surface area contributed by atoms with Crippen LogP contribution < -0.4 is 5.32 Å². The van der Waals surface area contributed by atoms with E-state index in [9.17, 15) is 0 Å². The van der Waals surface area contributed by atoms with Crippen molar-refractivity contribution in [2.45, 2.75) is 32.7 Å². The fraction of sp³-hybridized carbons (Fsp3) is 0.571. The highest BCUT2D eigenvalue weighted by Gasteiger charge is 2.07. The largest absolute Gasteiger partial charge is 0.380 e. The van der Waals surface area contributed by atoms with Gasteiger partial charge in [-0.2, -0.15) is 0 Å². The van der Waals surface area contributed by atoms with E-state index >= 15 is 0 Å². The molecule has 1 unspecified atom stereocenters. The third-order valence-electron chi connectivity index (χ3n) is 2.64. The molecule has 1 N–H and O–H groups in total. The molecule has 0 bridgehead atoms. The molecule has 0 radical (unpaired) electrons. The second-order valence-corrected chi connectivity index (χ2v) is 4.25. The highest BCUT2D eigenvalue weighted by molar-refractivity contribution is 5.22. The molecule has 0 amide bonds. The first-order valence-electron chi connectivity index (χ1n) is 6.06. The quantitative estimate of drug-likeness (QED) is 0.714. The Balaban J connectivity index is 2.43. The Kier molecular flexibility index (Phi) is 6.12. The third kappa shape index (κ3) is 4.77. The van der Waals surface area contributed by atoms with Crippen LogP contribution in [-0.2, 0) is 11.2 Å². The monoisotopic (exact) mass is 221 g/mol. The van der Waals surface area contributed by atoms with Crippen LogP contribution in [0.1, 0.15) is 24.5 Å². The van der Waals surface area contributed by atoms with Gasteiger partial charge in [0.1, 0.15) is 0 Å². The molecule has 0 fully saturated rings. The van der Waals surface area contributed by atoms with E-state index in [1.54, 1.807) is 0 Å². The lowest BCUT2D eigenvalue weighted by atomic mass is 10.0. The molecule has 2 nitrogen and oxygen atoms in total. The first-order valence-corrected chi connectivity index (χ1v) is 6.06. The summed E-state index contributed by atoms with van der Waals surface area (Å²) in [6, 6.07) is 9.07.